The van der Waals surface area contributed by atoms with Crippen molar-refractivity contribution in [3.63, 3.8) is 0 Å². The van der Waals surface area contributed by atoms with Crippen LogP contribution in [0.4, 0.5) is 0 Å². The second-order valence-corrected chi connectivity index (χ2v) is 7.64. The van der Waals surface area contributed by atoms with Crippen molar-refractivity contribution >= 4 is 29.0 Å². The number of hydrogen-bond donors (Lipinski definition) is 0. The van der Waals surface area contributed by atoms with Crippen LogP contribution < -0.4 is 0 Å². The molecule has 2 aliphatic rings. The number of aromatic nitrogens is 1. The average Bonchev–Trinajstić information content (AvgIpc) is 3.10. The summed E-state index contributed by atoms with van der Waals surface area (Å²) in [6.45, 7) is 4.75. The predicted octanol–water partition coefficient (Wildman–Crippen LogP) is 4.42. The summed E-state index contributed by atoms with van der Waals surface area (Å²) in [6, 6.07) is 13.8. The molecule has 0 radical (unpaired) electrons. The molecule has 142 valence electrons. The summed E-state index contributed by atoms with van der Waals surface area (Å²) in [5.74, 6) is -0.298. The first kappa shape index (κ1) is 18.5. The first-order valence-electron chi connectivity index (χ1n) is 9.24. The molecule has 1 fully saturated rings. The van der Waals surface area contributed by atoms with E-state index in [0.717, 1.165) is 22.0 Å². The molecular formula is C22H21N3O2S. The number of amidine groups is 1. The first-order chi connectivity index (χ1) is 13.7. The Morgan fingerprint density at radius 2 is 2.00 bits per heavy atom. The van der Waals surface area contributed by atoms with Gasteiger partial charge in [0.05, 0.1) is 30.5 Å². The second kappa shape index (κ2) is 8.02. The molecular weight excluding hydrogens is 370 g/mol. The summed E-state index contributed by atoms with van der Waals surface area (Å²) >= 11 is 1.65. The van der Waals surface area contributed by atoms with Crippen LogP contribution in [0.1, 0.15) is 31.0 Å². The number of rotatable bonds is 4. The van der Waals surface area contributed by atoms with E-state index in [9.17, 15) is 4.79 Å². The molecule has 0 N–H and O–H groups in total. The summed E-state index contributed by atoms with van der Waals surface area (Å²) in [5.41, 5.74) is 3.49. The van der Waals surface area contributed by atoms with E-state index >= 15 is 0 Å². The number of hydrogen-bond acceptors (Lipinski definition) is 6. The Morgan fingerprint density at radius 1 is 1.25 bits per heavy atom. The summed E-state index contributed by atoms with van der Waals surface area (Å²) in [6.07, 6.45) is 5.72. The van der Waals surface area contributed by atoms with E-state index in [1.807, 2.05) is 44.2 Å². The van der Waals surface area contributed by atoms with Crippen LogP contribution in [0, 0.1) is 0 Å². The van der Waals surface area contributed by atoms with Crippen molar-refractivity contribution < 1.29 is 9.53 Å². The third-order valence-corrected chi connectivity index (χ3v) is 5.69. The number of carbonyl (C=O) groups is 1. The second-order valence-electron chi connectivity index (χ2n) is 6.55. The number of esters is 1. The van der Waals surface area contributed by atoms with Crippen LogP contribution in [0.5, 0.6) is 0 Å². The van der Waals surface area contributed by atoms with Gasteiger partial charge < -0.3 is 9.64 Å². The maximum absolute atomic E-state index is 12.7. The molecule has 5 nitrogen and oxygen atoms in total. The fourth-order valence-corrected chi connectivity index (χ4v) is 4.56. The van der Waals surface area contributed by atoms with Crippen LogP contribution in [0.25, 0.3) is 6.08 Å². The first-order valence-corrected chi connectivity index (χ1v) is 10.1. The van der Waals surface area contributed by atoms with E-state index in [0.29, 0.717) is 18.7 Å². The Balaban J connectivity index is 1.73. The largest absolute Gasteiger partial charge is 0.463 e. The third kappa shape index (κ3) is 3.60. The van der Waals surface area contributed by atoms with Crippen LogP contribution in [0.15, 0.2) is 76.0 Å². The minimum Gasteiger partial charge on any atom is -0.463 e. The number of thioether (sulfide) groups is 1. The minimum absolute atomic E-state index is 0.205. The number of benzene rings is 1. The van der Waals surface area contributed by atoms with Gasteiger partial charge in [-0.1, -0.05) is 42.1 Å². The summed E-state index contributed by atoms with van der Waals surface area (Å²) < 4.78 is 5.35. The van der Waals surface area contributed by atoms with Gasteiger partial charge in [0, 0.05) is 17.3 Å². The zero-order chi connectivity index (χ0) is 19.5. The number of ether oxygens (including phenoxy) is 1. The lowest BCUT2D eigenvalue weighted by atomic mass is 9.94. The van der Waals surface area contributed by atoms with E-state index in [4.69, 9.17) is 9.73 Å². The molecule has 28 heavy (non-hydrogen) atoms. The Labute approximate surface area is 168 Å². The van der Waals surface area contributed by atoms with Gasteiger partial charge in [0.2, 0.25) is 0 Å². The van der Waals surface area contributed by atoms with Crippen molar-refractivity contribution in [2.24, 2.45) is 4.99 Å². The number of allylic oxidation sites excluding steroid dienone is 1. The van der Waals surface area contributed by atoms with Crippen LogP contribution in [0.3, 0.4) is 0 Å². The number of carbonyl (C=O) groups excluding carboxylic acids is 1. The number of nitrogens with zero attached hydrogens (tertiary/aromatic N) is 3. The fourth-order valence-electron chi connectivity index (χ4n) is 3.46. The normalized spacial score (nSPS) is 20.2. The zero-order valence-electron chi connectivity index (χ0n) is 15.8. The number of fused-ring (bicyclic) bond motifs is 1. The zero-order valence-corrected chi connectivity index (χ0v) is 16.6. The maximum Gasteiger partial charge on any atom is 0.338 e. The molecule has 0 amide bonds. The monoisotopic (exact) mass is 391 g/mol. The van der Waals surface area contributed by atoms with Gasteiger partial charge in [-0.05, 0) is 43.2 Å². The lowest BCUT2D eigenvalue weighted by Gasteiger charge is -2.34. The van der Waals surface area contributed by atoms with Crippen molar-refractivity contribution in [1.82, 2.24) is 9.88 Å². The standard InChI is InChI=1S/C22H21N3O2S/c1-3-27-21(26)19-15(2)24-22-25(20(19)17-7-5-4-6-8-17)14-18(28-22)13-16-9-11-23-12-10-16/h4-13,20H,3,14H2,1-2H3/b18-13-. The van der Waals surface area contributed by atoms with Gasteiger partial charge in [-0.2, -0.15) is 0 Å². The van der Waals surface area contributed by atoms with Gasteiger partial charge in [-0.15, -0.1) is 0 Å². The van der Waals surface area contributed by atoms with Crippen LogP contribution in [0.2, 0.25) is 0 Å². The van der Waals surface area contributed by atoms with E-state index in [1.165, 1.54) is 4.91 Å². The van der Waals surface area contributed by atoms with E-state index in [-0.39, 0.29) is 12.0 Å². The highest BCUT2D eigenvalue weighted by molar-refractivity contribution is 8.17. The lowest BCUT2D eigenvalue weighted by molar-refractivity contribution is -0.139. The highest BCUT2D eigenvalue weighted by Crippen LogP contribution is 2.44. The molecule has 3 heterocycles. The van der Waals surface area contributed by atoms with Crippen LogP contribution in [-0.4, -0.2) is 34.2 Å². The number of pyridine rings is 1. The van der Waals surface area contributed by atoms with E-state index in [2.05, 4.69) is 28.1 Å². The Kier molecular flexibility index (Phi) is 5.30. The molecule has 2 aliphatic heterocycles. The van der Waals surface area contributed by atoms with Crippen molar-refractivity contribution in [2.45, 2.75) is 19.9 Å². The van der Waals surface area contributed by atoms with E-state index < -0.39 is 0 Å². The highest BCUT2D eigenvalue weighted by Gasteiger charge is 2.40. The molecule has 0 spiro atoms. The van der Waals surface area contributed by atoms with Gasteiger partial charge in [-0.25, -0.2) is 9.79 Å². The van der Waals surface area contributed by atoms with Crippen LogP contribution in [-0.2, 0) is 9.53 Å². The van der Waals surface area contributed by atoms with Gasteiger partial charge >= 0.3 is 5.97 Å². The lowest BCUT2D eigenvalue weighted by Crippen LogP contribution is -2.36. The van der Waals surface area contributed by atoms with Crippen LogP contribution >= 0.6 is 11.8 Å². The quantitative estimate of drug-likeness (QED) is 0.722. The minimum atomic E-state index is -0.298. The molecule has 1 saturated heterocycles. The molecule has 0 saturated carbocycles. The molecule has 1 aromatic heterocycles. The van der Waals surface area contributed by atoms with Crippen molar-refractivity contribution in [3.05, 3.63) is 82.2 Å². The smallest absolute Gasteiger partial charge is 0.338 e. The van der Waals surface area contributed by atoms with E-state index in [1.54, 1.807) is 24.2 Å². The maximum atomic E-state index is 12.7. The molecule has 0 bridgehead atoms. The topological polar surface area (TPSA) is 54.8 Å². The Morgan fingerprint density at radius 3 is 2.71 bits per heavy atom. The molecule has 4 rings (SSSR count). The van der Waals surface area contributed by atoms with Gasteiger partial charge in [0.15, 0.2) is 5.17 Å². The summed E-state index contributed by atoms with van der Waals surface area (Å²) in [5, 5.41) is 0.916. The summed E-state index contributed by atoms with van der Waals surface area (Å²) in [4.78, 5) is 24.9. The molecule has 0 aliphatic carbocycles. The van der Waals surface area contributed by atoms with Gasteiger partial charge in [0.1, 0.15) is 0 Å². The van der Waals surface area contributed by atoms with Crippen molar-refractivity contribution in [3.8, 4) is 0 Å². The molecule has 1 unspecified atom stereocenters. The molecule has 6 heteroatoms. The van der Waals surface area contributed by atoms with Gasteiger partial charge in [-0.3, -0.25) is 4.98 Å². The Bertz CT molecular complexity index is 968. The average molecular weight is 391 g/mol. The molecule has 2 aromatic rings. The molecule has 1 aromatic carbocycles. The highest BCUT2D eigenvalue weighted by atomic mass is 32.2. The van der Waals surface area contributed by atoms with Gasteiger partial charge in [0.25, 0.3) is 0 Å². The Hall–Kier alpha value is -2.86. The SMILES string of the molecule is CCOC(=O)C1=C(C)N=C2S/C(=C\c3ccncc3)CN2C1c1ccccc1. The molecule has 1 atom stereocenters. The van der Waals surface area contributed by atoms with Crippen molar-refractivity contribution in [2.75, 3.05) is 13.2 Å². The fraction of sp³-hybridized carbons (Fsp3) is 0.227. The summed E-state index contributed by atoms with van der Waals surface area (Å²) in [7, 11) is 0. The predicted molar refractivity (Wildman–Crippen MR) is 112 cm³/mol. The third-order valence-electron chi connectivity index (χ3n) is 4.68. The van der Waals surface area contributed by atoms with Crippen molar-refractivity contribution in [1.29, 1.82) is 0 Å². The number of aliphatic imine (C=N–C) groups is 1.